The number of aromatic nitrogens is 4. The molecule has 0 spiro atoms. The summed E-state index contributed by atoms with van der Waals surface area (Å²) >= 11 is 0. The highest BCUT2D eigenvalue weighted by atomic mass is 14.9. The summed E-state index contributed by atoms with van der Waals surface area (Å²) in [5.74, 6) is 1.35. The first-order valence-corrected chi connectivity index (χ1v) is 28.3. The molecule has 0 fully saturated rings. The third kappa shape index (κ3) is 17.5. The average Bonchev–Trinajstić information content (AvgIpc) is 3.32. The molecule has 0 saturated heterocycles. The van der Waals surface area contributed by atoms with Crippen LogP contribution in [0.15, 0.2) is 146 Å². The van der Waals surface area contributed by atoms with Gasteiger partial charge in [-0.15, -0.1) is 0 Å². The van der Waals surface area contributed by atoms with Crippen molar-refractivity contribution in [3.8, 4) is 45.0 Å². The van der Waals surface area contributed by atoms with Crippen molar-refractivity contribution >= 4 is 0 Å². The molecule has 0 saturated carbocycles. The Bertz CT molecular complexity index is 3260. The highest BCUT2D eigenvalue weighted by molar-refractivity contribution is 5.64. The number of hydrogen-bond acceptors (Lipinski definition) is 0. The summed E-state index contributed by atoms with van der Waals surface area (Å²) < 4.78 is 8.83. The van der Waals surface area contributed by atoms with Crippen LogP contribution in [-0.2, 0) is 46.4 Å². The minimum Gasteiger partial charge on any atom is -0.201 e. The molecule has 1 unspecified atom stereocenters. The molecule has 1 atom stereocenters. The molecule has 0 amide bonds. The van der Waals surface area contributed by atoms with Gasteiger partial charge >= 0.3 is 0 Å². The lowest BCUT2D eigenvalue weighted by molar-refractivity contribution is -0.660. The standard InChI is InChI=1S/C19H26N.3C18H24N/c1-14-7-10-18(20(6)13-14)17-9-8-16(11-15(17)2)12-19(3,4)5;1-13-7-10-17(19(6)12-13)16-9-8-15(11-14(16)2)18(3,4)5;1-13(2)10-16-7-8-17(15(4)11-16)18-9-6-14(3)12-19(18)5;1-6-14(3)16-8-9-17(15(4)11-16)18-10-7-13(2)12-19(18)5/h7-11,13H,12H2,1-6H3;7-12H,1-6H3;6-9,11-13H,10H2,1-5H3;7-12,14H,6H2,1-5H3/q4*+1. The van der Waals surface area contributed by atoms with E-state index in [1.807, 2.05) is 0 Å². The van der Waals surface area contributed by atoms with Crippen LogP contribution in [0.2, 0.25) is 0 Å². The molecule has 0 aliphatic carbocycles. The fourth-order valence-electron chi connectivity index (χ4n) is 10.4. The van der Waals surface area contributed by atoms with Crippen molar-refractivity contribution in [2.75, 3.05) is 0 Å². The predicted octanol–water partition coefficient (Wildman–Crippen LogP) is 16.8. The Morgan fingerprint density at radius 1 is 0.390 bits per heavy atom. The van der Waals surface area contributed by atoms with Crippen molar-refractivity contribution in [1.29, 1.82) is 0 Å². The van der Waals surface area contributed by atoms with E-state index < -0.39 is 0 Å². The van der Waals surface area contributed by atoms with Gasteiger partial charge in [0.15, 0.2) is 24.8 Å². The Kier molecular flexibility index (Phi) is 21.3. The molecule has 8 aromatic rings. The molecule has 4 aromatic heterocycles. The van der Waals surface area contributed by atoms with Crippen molar-refractivity contribution in [1.82, 2.24) is 0 Å². The zero-order valence-electron chi connectivity index (χ0n) is 51.9. The van der Waals surface area contributed by atoms with Crippen LogP contribution in [0, 0.1) is 66.7 Å². The van der Waals surface area contributed by atoms with Crippen LogP contribution in [0.5, 0.6) is 0 Å². The lowest BCUT2D eigenvalue weighted by atomic mass is 9.85. The van der Waals surface area contributed by atoms with E-state index in [9.17, 15) is 0 Å². The van der Waals surface area contributed by atoms with E-state index in [4.69, 9.17) is 0 Å². The molecular formula is C73H98N4+4. The summed E-state index contributed by atoms with van der Waals surface area (Å²) in [6.45, 7) is 40.0. The quantitative estimate of drug-likeness (QED) is 0.128. The lowest BCUT2D eigenvalue weighted by Gasteiger charge is -2.20. The van der Waals surface area contributed by atoms with Crippen LogP contribution in [0.3, 0.4) is 0 Å². The molecule has 0 radical (unpaired) electrons. The van der Waals surface area contributed by atoms with E-state index >= 15 is 0 Å². The van der Waals surface area contributed by atoms with Crippen LogP contribution in [-0.4, -0.2) is 0 Å². The highest BCUT2D eigenvalue weighted by Crippen LogP contribution is 2.30. The summed E-state index contributed by atoms with van der Waals surface area (Å²) in [5, 5.41) is 0. The Hall–Kier alpha value is -6.52. The normalized spacial score (nSPS) is 11.7. The Morgan fingerprint density at radius 3 is 1.04 bits per heavy atom. The molecule has 0 aliphatic heterocycles. The number of pyridine rings is 4. The van der Waals surface area contributed by atoms with Crippen LogP contribution in [0.25, 0.3) is 45.0 Å². The van der Waals surface area contributed by atoms with Gasteiger partial charge in [-0.3, -0.25) is 0 Å². The topological polar surface area (TPSA) is 15.5 Å². The van der Waals surface area contributed by atoms with Crippen molar-refractivity contribution in [2.45, 2.75) is 155 Å². The Labute approximate surface area is 468 Å². The molecule has 8 rings (SSSR count). The second kappa shape index (κ2) is 26.7. The molecule has 4 heterocycles. The molecule has 0 N–H and O–H groups in total. The molecule has 4 heteroatoms. The SMILES string of the molecule is CCC(C)c1ccc(-c2ccc(C)c[n+]2C)c(C)c1.Cc1ccc(-c2ccc(C(C)(C)C)cc2C)[n+](C)c1.Cc1ccc(-c2ccc(CC(C)(C)C)cc2C)[n+](C)c1.Cc1ccc(-c2ccc(CC(C)C)cc2C)[n+](C)c1. The molecular weight excluding hydrogens is 933 g/mol. The monoisotopic (exact) mass is 1030 g/mol. The van der Waals surface area contributed by atoms with E-state index in [1.54, 1.807) is 0 Å². The number of nitrogens with zero attached hydrogens (tertiary/aromatic N) is 4. The van der Waals surface area contributed by atoms with Crippen LogP contribution < -0.4 is 18.3 Å². The third-order valence-electron chi connectivity index (χ3n) is 14.7. The van der Waals surface area contributed by atoms with E-state index in [0.717, 1.165) is 12.8 Å². The van der Waals surface area contributed by atoms with Gasteiger partial charge in [-0.05, 0) is 190 Å². The van der Waals surface area contributed by atoms with Crippen molar-refractivity contribution in [3.63, 3.8) is 0 Å². The molecule has 0 bridgehead atoms. The van der Waals surface area contributed by atoms with E-state index in [2.05, 4.69) is 317 Å². The van der Waals surface area contributed by atoms with Crippen molar-refractivity contribution in [3.05, 3.63) is 213 Å². The Balaban J connectivity index is 0.000000189. The van der Waals surface area contributed by atoms with Crippen molar-refractivity contribution < 1.29 is 18.3 Å². The van der Waals surface area contributed by atoms with Gasteiger partial charge in [0.05, 0.1) is 0 Å². The zero-order valence-corrected chi connectivity index (χ0v) is 51.9. The van der Waals surface area contributed by atoms with Gasteiger partial charge in [0.1, 0.15) is 28.2 Å². The van der Waals surface area contributed by atoms with E-state index in [0.29, 0.717) is 17.3 Å². The summed E-state index contributed by atoms with van der Waals surface area (Å²) in [6.07, 6.45) is 12.2. The van der Waals surface area contributed by atoms with Crippen LogP contribution in [0.1, 0.15) is 148 Å². The second-order valence-corrected chi connectivity index (χ2v) is 25.1. The largest absolute Gasteiger partial charge is 0.212 e. The predicted molar refractivity (Wildman–Crippen MR) is 329 cm³/mol. The van der Waals surface area contributed by atoms with E-state index in [-0.39, 0.29) is 5.41 Å². The average molecular weight is 1030 g/mol. The maximum atomic E-state index is 2.34. The molecule has 406 valence electrons. The highest BCUT2D eigenvalue weighted by Gasteiger charge is 2.20. The first-order chi connectivity index (χ1) is 36.0. The smallest absolute Gasteiger partial charge is 0.201 e. The lowest BCUT2D eigenvalue weighted by Crippen LogP contribution is -2.31. The number of aryl methyl sites for hydroxylation is 12. The van der Waals surface area contributed by atoms with Crippen LogP contribution >= 0.6 is 0 Å². The number of rotatable bonds is 9. The summed E-state index contributed by atoms with van der Waals surface area (Å²) in [7, 11) is 8.46. The number of hydrogen-bond donors (Lipinski definition) is 0. The summed E-state index contributed by atoms with van der Waals surface area (Å²) in [5.41, 5.74) is 27.2. The first-order valence-electron chi connectivity index (χ1n) is 28.3. The minimum atomic E-state index is 0.207. The third-order valence-corrected chi connectivity index (χ3v) is 14.7. The number of benzene rings is 4. The second-order valence-electron chi connectivity index (χ2n) is 25.1. The fourth-order valence-corrected chi connectivity index (χ4v) is 10.4. The first kappa shape index (κ1) is 61.3. The molecule has 77 heavy (non-hydrogen) atoms. The molecule has 4 aromatic carbocycles. The van der Waals surface area contributed by atoms with Gasteiger partial charge in [-0.25, -0.2) is 18.3 Å². The summed E-state index contributed by atoms with van der Waals surface area (Å²) in [4.78, 5) is 0. The fraction of sp³-hybridized carbons (Fsp3) is 0.397. The van der Waals surface area contributed by atoms with Gasteiger partial charge < -0.3 is 0 Å². The van der Waals surface area contributed by atoms with Gasteiger partial charge in [-0.2, -0.15) is 0 Å². The molecule has 0 aliphatic rings. The summed E-state index contributed by atoms with van der Waals surface area (Å²) in [6, 6.07) is 45.0. The maximum Gasteiger partial charge on any atom is 0.212 e. The van der Waals surface area contributed by atoms with Crippen molar-refractivity contribution in [2.24, 2.45) is 39.5 Å². The van der Waals surface area contributed by atoms with Gasteiger partial charge in [0.25, 0.3) is 0 Å². The van der Waals surface area contributed by atoms with Gasteiger partial charge in [0, 0.05) is 68.8 Å². The zero-order chi connectivity index (χ0) is 57.1. The van der Waals surface area contributed by atoms with Crippen LogP contribution in [0.4, 0.5) is 0 Å². The molecule has 4 nitrogen and oxygen atoms in total. The van der Waals surface area contributed by atoms with Gasteiger partial charge in [-0.1, -0.05) is 118 Å². The van der Waals surface area contributed by atoms with Gasteiger partial charge in [0.2, 0.25) is 22.8 Å². The maximum absolute atomic E-state index is 2.34. The minimum absolute atomic E-state index is 0.207. The Morgan fingerprint density at radius 2 is 0.727 bits per heavy atom. The van der Waals surface area contributed by atoms with E-state index in [1.165, 1.54) is 118 Å².